The molecule has 0 unspecified atom stereocenters. The Morgan fingerprint density at radius 2 is 0.719 bits per heavy atom. The van der Waals surface area contributed by atoms with E-state index in [2.05, 4.69) is 79.7 Å². The van der Waals surface area contributed by atoms with Crippen molar-refractivity contribution in [1.82, 2.24) is 0 Å². The number of benzene rings is 4. The first-order valence-electron chi connectivity index (χ1n) is 9.96. The zero-order chi connectivity index (χ0) is 22.6. The molecule has 32 heavy (non-hydrogen) atoms. The fraction of sp³-hybridized carbons (Fsp3) is 0.0769. The van der Waals surface area contributed by atoms with E-state index in [0.717, 1.165) is 9.79 Å². The number of aryl methyl sites for hydroxylation is 1. The largest absolute Gasteiger partial charge is 0.224 e. The highest BCUT2D eigenvalue weighted by Gasteiger charge is 2.07. The maximum absolute atomic E-state index is 11.6. The van der Waals surface area contributed by atoms with Crippen molar-refractivity contribution in [3.63, 3.8) is 0 Å². The van der Waals surface area contributed by atoms with Crippen LogP contribution in [0.1, 0.15) is 5.56 Å². The molecule has 2 nitrogen and oxygen atoms in total. The molecule has 4 aromatic carbocycles. The molecular weight excluding hydrogens is 473 g/mol. The molecule has 0 bridgehead atoms. The Morgan fingerprint density at radius 3 is 1.00 bits per heavy atom. The molecule has 0 spiro atoms. The van der Waals surface area contributed by atoms with Gasteiger partial charge in [0, 0.05) is 35.6 Å². The summed E-state index contributed by atoms with van der Waals surface area (Å²) < 4.78 is 23.2. The minimum Gasteiger partial charge on any atom is -0.224 e. The van der Waals surface area contributed by atoms with Crippen molar-refractivity contribution in [1.29, 1.82) is 0 Å². The lowest BCUT2D eigenvalue weighted by Gasteiger charge is -2.07. The highest BCUT2D eigenvalue weighted by atomic mass is 32.2. The Hall–Kier alpha value is -2.12. The van der Waals surface area contributed by atoms with E-state index in [0.29, 0.717) is 4.90 Å². The first-order chi connectivity index (χ1) is 15.3. The molecular formula is C26H22O2S4. The molecule has 0 fully saturated rings. The molecule has 0 radical (unpaired) electrons. The van der Waals surface area contributed by atoms with Crippen molar-refractivity contribution in [2.75, 3.05) is 6.26 Å². The van der Waals surface area contributed by atoms with Crippen LogP contribution in [0.4, 0.5) is 0 Å². The summed E-state index contributed by atoms with van der Waals surface area (Å²) in [6.07, 6.45) is 1.22. The summed E-state index contributed by atoms with van der Waals surface area (Å²) in [6, 6.07) is 32.7. The van der Waals surface area contributed by atoms with Crippen LogP contribution in [0, 0.1) is 6.92 Å². The predicted octanol–water partition coefficient (Wildman–Crippen LogP) is 7.85. The van der Waals surface area contributed by atoms with Gasteiger partial charge in [0.1, 0.15) is 0 Å². The number of rotatable bonds is 7. The lowest BCUT2D eigenvalue weighted by molar-refractivity contribution is 0.602. The van der Waals surface area contributed by atoms with Gasteiger partial charge < -0.3 is 0 Å². The molecule has 0 saturated carbocycles. The van der Waals surface area contributed by atoms with E-state index in [1.54, 1.807) is 47.4 Å². The smallest absolute Gasteiger partial charge is 0.175 e. The van der Waals surface area contributed by atoms with Crippen LogP contribution < -0.4 is 0 Å². The van der Waals surface area contributed by atoms with Gasteiger partial charge in [-0.15, -0.1) is 0 Å². The van der Waals surface area contributed by atoms with Crippen LogP contribution in [0.5, 0.6) is 0 Å². The second-order valence-corrected chi connectivity index (χ2v) is 12.8. The number of hydrogen-bond acceptors (Lipinski definition) is 5. The summed E-state index contributed by atoms with van der Waals surface area (Å²) in [7, 11) is -3.16. The van der Waals surface area contributed by atoms with Crippen LogP contribution in [-0.4, -0.2) is 14.7 Å². The average molecular weight is 495 g/mol. The lowest BCUT2D eigenvalue weighted by Crippen LogP contribution is -1.95. The SMILES string of the molecule is Cc1ccc(Sc2ccc(Sc3ccc(Sc4ccc(S(C)(=O)=O)cc4)cc3)cc2)cc1. The Bertz CT molecular complexity index is 1280. The molecule has 4 rings (SSSR count). The quantitative estimate of drug-likeness (QED) is 0.261. The van der Waals surface area contributed by atoms with Crippen molar-refractivity contribution in [2.45, 2.75) is 41.2 Å². The summed E-state index contributed by atoms with van der Waals surface area (Å²) in [5.41, 5.74) is 1.27. The normalized spacial score (nSPS) is 11.4. The average Bonchev–Trinajstić information content (AvgIpc) is 2.78. The van der Waals surface area contributed by atoms with Crippen molar-refractivity contribution < 1.29 is 8.42 Å². The van der Waals surface area contributed by atoms with Crippen LogP contribution in [-0.2, 0) is 9.84 Å². The monoisotopic (exact) mass is 494 g/mol. The summed E-state index contributed by atoms with van der Waals surface area (Å²) in [4.78, 5) is 7.33. The van der Waals surface area contributed by atoms with Gasteiger partial charge in [0.15, 0.2) is 9.84 Å². The molecule has 0 aliphatic heterocycles. The van der Waals surface area contributed by atoms with Gasteiger partial charge in [-0.25, -0.2) is 8.42 Å². The maximum atomic E-state index is 11.6. The van der Waals surface area contributed by atoms with E-state index >= 15 is 0 Å². The van der Waals surface area contributed by atoms with E-state index in [1.165, 1.54) is 31.4 Å². The molecule has 4 aromatic rings. The highest BCUT2D eigenvalue weighted by molar-refractivity contribution is 8.00. The number of sulfone groups is 1. The van der Waals surface area contributed by atoms with Gasteiger partial charge in [0.25, 0.3) is 0 Å². The van der Waals surface area contributed by atoms with Gasteiger partial charge in [-0.1, -0.05) is 53.0 Å². The Kier molecular flexibility index (Phi) is 7.36. The minimum atomic E-state index is -3.16. The third kappa shape index (κ3) is 6.45. The van der Waals surface area contributed by atoms with E-state index in [1.807, 2.05) is 12.1 Å². The van der Waals surface area contributed by atoms with Crippen LogP contribution in [0.3, 0.4) is 0 Å². The van der Waals surface area contributed by atoms with Gasteiger partial charge in [-0.2, -0.15) is 0 Å². The Balaban J connectivity index is 1.35. The summed E-state index contributed by atoms with van der Waals surface area (Å²) in [6.45, 7) is 2.10. The van der Waals surface area contributed by atoms with Crippen molar-refractivity contribution in [3.05, 3.63) is 103 Å². The fourth-order valence-corrected chi connectivity index (χ4v) is 6.00. The molecule has 6 heteroatoms. The van der Waals surface area contributed by atoms with E-state index in [9.17, 15) is 8.42 Å². The van der Waals surface area contributed by atoms with Gasteiger partial charge in [-0.3, -0.25) is 0 Å². The lowest BCUT2D eigenvalue weighted by atomic mass is 10.2. The molecule has 0 heterocycles. The third-order valence-corrected chi connectivity index (χ3v) is 8.80. The molecule has 0 aliphatic rings. The Labute approximate surface area is 202 Å². The topological polar surface area (TPSA) is 34.1 Å². The minimum absolute atomic E-state index is 0.344. The Morgan fingerprint density at radius 1 is 0.469 bits per heavy atom. The second-order valence-electron chi connectivity index (χ2n) is 7.31. The summed E-state index contributed by atoms with van der Waals surface area (Å²) in [5.74, 6) is 0. The molecule has 162 valence electrons. The van der Waals surface area contributed by atoms with Crippen molar-refractivity contribution in [2.24, 2.45) is 0 Å². The molecule has 0 amide bonds. The molecule has 0 aliphatic carbocycles. The maximum Gasteiger partial charge on any atom is 0.175 e. The molecule has 0 saturated heterocycles. The zero-order valence-electron chi connectivity index (χ0n) is 17.7. The van der Waals surface area contributed by atoms with Crippen LogP contribution in [0.2, 0.25) is 0 Å². The standard InChI is InChI=1S/C26H22O2S4/c1-19-3-5-20(6-4-19)29-21-7-9-22(10-8-21)30-23-11-13-24(14-12-23)31-25-15-17-26(18-16-25)32(2,27)28/h3-18H,1-2H3. The molecule has 0 aromatic heterocycles. The van der Waals surface area contributed by atoms with Crippen molar-refractivity contribution >= 4 is 45.1 Å². The van der Waals surface area contributed by atoms with Crippen LogP contribution >= 0.6 is 35.3 Å². The first kappa shape index (κ1) is 23.1. The van der Waals surface area contributed by atoms with Gasteiger partial charge in [0.2, 0.25) is 0 Å². The van der Waals surface area contributed by atoms with E-state index in [-0.39, 0.29) is 0 Å². The molecule has 0 N–H and O–H groups in total. The summed E-state index contributed by atoms with van der Waals surface area (Å²) in [5, 5.41) is 0. The van der Waals surface area contributed by atoms with Gasteiger partial charge >= 0.3 is 0 Å². The highest BCUT2D eigenvalue weighted by Crippen LogP contribution is 2.34. The number of hydrogen-bond donors (Lipinski definition) is 0. The van der Waals surface area contributed by atoms with Gasteiger partial charge in [-0.05, 0) is 91.9 Å². The zero-order valence-corrected chi connectivity index (χ0v) is 21.0. The van der Waals surface area contributed by atoms with E-state index in [4.69, 9.17) is 0 Å². The predicted molar refractivity (Wildman–Crippen MR) is 136 cm³/mol. The fourth-order valence-electron chi connectivity index (χ4n) is 2.92. The first-order valence-corrected chi connectivity index (χ1v) is 14.3. The third-order valence-electron chi connectivity index (χ3n) is 4.63. The van der Waals surface area contributed by atoms with Crippen LogP contribution in [0.25, 0.3) is 0 Å². The molecule has 0 atom stereocenters. The summed E-state index contributed by atoms with van der Waals surface area (Å²) >= 11 is 5.13. The van der Waals surface area contributed by atoms with Gasteiger partial charge in [0.05, 0.1) is 4.90 Å². The van der Waals surface area contributed by atoms with Crippen LogP contribution in [0.15, 0.2) is 131 Å². The van der Waals surface area contributed by atoms with E-state index < -0.39 is 9.84 Å². The van der Waals surface area contributed by atoms with Crippen molar-refractivity contribution in [3.8, 4) is 0 Å². The second kappa shape index (κ2) is 10.2.